The number of hydrogen-bond acceptors (Lipinski definition) is 1. The molecule has 23 heavy (non-hydrogen) atoms. The zero-order chi connectivity index (χ0) is 16.2. The van der Waals surface area contributed by atoms with Crippen LogP contribution in [-0.4, -0.2) is 19.0 Å². The number of amides is 1. The standard InChI is InChI=1S/C19H21ClN2O/c1-14-8-2-5-11-17(14)21-19(23)18(22-12-6-7-13-22)15-9-3-4-10-16(15)20/h2-5,8-11,18H,6-7,12-13H2,1H3,(H,21,23)/p+1/t18-/m1/s1. The lowest BCUT2D eigenvalue weighted by Gasteiger charge is -2.25. The minimum atomic E-state index is -0.259. The molecule has 2 aromatic carbocycles. The summed E-state index contributed by atoms with van der Waals surface area (Å²) in [6, 6.07) is 15.3. The van der Waals surface area contributed by atoms with E-state index in [4.69, 9.17) is 11.6 Å². The van der Waals surface area contributed by atoms with E-state index in [2.05, 4.69) is 5.32 Å². The largest absolute Gasteiger partial charge is 0.321 e. The van der Waals surface area contributed by atoms with Crippen LogP contribution in [-0.2, 0) is 4.79 Å². The van der Waals surface area contributed by atoms with Crippen LogP contribution in [0.2, 0.25) is 5.02 Å². The Morgan fingerprint density at radius 2 is 1.74 bits per heavy atom. The lowest BCUT2D eigenvalue weighted by Crippen LogP contribution is -3.11. The number of carbonyl (C=O) groups excluding carboxylic acids is 1. The maximum atomic E-state index is 13.0. The fraction of sp³-hybridized carbons (Fsp3) is 0.316. The van der Waals surface area contributed by atoms with Crippen LogP contribution < -0.4 is 10.2 Å². The minimum Gasteiger partial charge on any atom is -0.321 e. The summed E-state index contributed by atoms with van der Waals surface area (Å²) in [6.07, 6.45) is 2.32. The molecule has 1 amide bonds. The van der Waals surface area contributed by atoms with E-state index >= 15 is 0 Å². The Kier molecular flexibility index (Phi) is 4.99. The Labute approximate surface area is 142 Å². The smallest absolute Gasteiger partial charge is 0.287 e. The molecule has 0 unspecified atom stereocenters. The first-order chi connectivity index (χ1) is 11.2. The van der Waals surface area contributed by atoms with Gasteiger partial charge in [-0.25, -0.2) is 0 Å². The molecule has 0 bridgehead atoms. The molecule has 1 aliphatic heterocycles. The number of benzene rings is 2. The molecule has 0 radical (unpaired) electrons. The third-order valence-corrected chi connectivity index (χ3v) is 4.88. The fourth-order valence-corrected chi connectivity index (χ4v) is 3.54. The van der Waals surface area contributed by atoms with E-state index in [9.17, 15) is 4.79 Å². The lowest BCUT2D eigenvalue weighted by atomic mass is 10.0. The molecule has 2 N–H and O–H groups in total. The topological polar surface area (TPSA) is 33.5 Å². The molecule has 0 aliphatic carbocycles. The first kappa shape index (κ1) is 16.0. The maximum absolute atomic E-state index is 13.0. The lowest BCUT2D eigenvalue weighted by molar-refractivity contribution is -0.909. The molecule has 1 atom stereocenters. The molecule has 1 heterocycles. The number of halogens is 1. The second-order valence-electron chi connectivity index (χ2n) is 6.12. The molecule has 0 aromatic heterocycles. The highest BCUT2D eigenvalue weighted by Gasteiger charge is 2.35. The van der Waals surface area contributed by atoms with Gasteiger partial charge >= 0.3 is 0 Å². The highest BCUT2D eigenvalue weighted by Crippen LogP contribution is 2.23. The molecule has 3 nitrogen and oxygen atoms in total. The van der Waals surface area contributed by atoms with Crippen molar-refractivity contribution in [3.63, 3.8) is 0 Å². The Morgan fingerprint density at radius 3 is 2.43 bits per heavy atom. The van der Waals surface area contributed by atoms with Crippen molar-refractivity contribution in [2.75, 3.05) is 18.4 Å². The van der Waals surface area contributed by atoms with Crippen LogP contribution in [0.15, 0.2) is 48.5 Å². The van der Waals surface area contributed by atoms with Crippen LogP contribution in [0.3, 0.4) is 0 Å². The summed E-state index contributed by atoms with van der Waals surface area (Å²) in [5.41, 5.74) is 2.85. The summed E-state index contributed by atoms with van der Waals surface area (Å²) in [4.78, 5) is 14.3. The number of quaternary nitrogens is 1. The van der Waals surface area contributed by atoms with Crippen molar-refractivity contribution < 1.29 is 9.69 Å². The average molecular weight is 330 g/mol. The monoisotopic (exact) mass is 329 g/mol. The van der Waals surface area contributed by atoms with Gasteiger partial charge in [0, 0.05) is 24.1 Å². The maximum Gasteiger partial charge on any atom is 0.287 e. The highest BCUT2D eigenvalue weighted by atomic mass is 35.5. The summed E-state index contributed by atoms with van der Waals surface area (Å²) in [5, 5.41) is 3.76. The van der Waals surface area contributed by atoms with Gasteiger partial charge < -0.3 is 10.2 Å². The summed E-state index contributed by atoms with van der Waals surface area (Å²) < 4.78 is 0. The third-order valence-electron chi connectivity index (χ3n) is 4.54. The van der Waals surface area contributed by atoms with Crippen LogP contribution >= 0.6 is 11.6 Å². The van der Waals surface area contributed by atoms with Crippen LogP contribution in [0.5, 0.6) is 0 Å². The van der Waals surface area contributed by atoms with Gasteiger partial charge in [-0.05, 0) is 24.6 Å². The first-order valence-corrected chi connectivity index (χ1v) is 8.50. The first-order valence-electron chi connectivity index (χ1n) is 8.12. The number of anilines is 1. The van der Waals surface area contributed by atoms with Gasteiger partial charge in [-0.15, -0.1) is 0 Å². The van der Waals surface area contributed by atoms with Crippen molar-refractivity contribution in [2.24, 2.45) is 0 Å². The van der Waals surface area contributed by atoms with Crippen molar-refractivity contribution >= 4 is 23.2 Å². The van der Waals surface area contributed by atoms with E-state index in [1.165, 1.54) is 4.90 Å². The Balaban J connectivity index is 1.90. The second-order valence-corrected chi connectivity index (χ2v) is 6.53. The number of carbonyl (C=O) groups is 1. The summed E-state index contributed by atoms with van der Waals surface area (Å²) >= 11 is 6.38. The fourth-order valence-electron chi connectivity index (χ4n) is 3.29. The molecule has 4 heteroatoms. The van der Waals surface area contributed by atoms with E-state index in [-0.39, 0.29) is 11.9 Å². The molecule has 0 saturated carbocycles. The van der Waals surface area contributed by atoms with E-state index in [0.717, 1.165) is 42.7 Å². The van der Waals surface area contributed by atoms with Gasteiger partial charge in [0.15, 0.2) is 6.04 Å². The van der Waals surface area contributed by atoms with Crippen molar-refractivity contribution in [2.45, 2.75) is 25.8 Å². The van der Waals surface area contributed by atoms with Gasteiger partial charge in [-0.2, -0.15) is 0 Å². The predicted molar refractivity (Wildman–Crippen MR) is 93.9 cm³/mol. The quantitative estimate of drug-likeness (QED) is 0.888. The number of aryl methyl sites for hydroxylation is 1. The summed E-state index contributed by atoms with van der Waals surface area (Å²) in [7, 11) is 0. The Bertz CT molecular complexity index is 695. The van der Waals surface area contributed by atoms with E-state index in [1.54, 1.807) is 0 Å². The highest BCUT2D eigenvalue weighted by molar-refractivity contribution is 6.31. The molecular formula is C19H22ClN2O+. The van der Waals surface area contributed by atoms with E-state index in [0.29, 0.717) is 5.02 Å². The van der Waals surface area contributed by atoms with Gasteiger partial charge in [-0.1, -0.05) is 48.0 Å². The molecule has 1 aliphatic rings. The number of rotatable bonds is 4. The van der Waals surface area contributed by atoms with Gasteiger partial charge in [0.2, 0.25) is 0 Å². The molecule has 1 fully saturated rings. The third kappa shape index (κ3) is 3.57. The number of para-hydroxylation sites is 1. The predicted octanol–water partition coefficient (Wildman–Crippen LogP) is 3.01. The minimum absolute atomic E-state index is 0.0179. The van der Waals surface area contributed by atoms with Gasteiger partial charge in [0.1, 0.15) is 0 Å². The van der Waals surface area contributed by atoms with Gasteiger partial charge in [0.05, 0.1) is 18.1 Å². The zero-order valence-electron chi connectivity index (χ0n) is 13.3. The summed E-state index contributed by atoms with van der Waals surface area (Å²) in [5.74, 6) is 0.0179. The summed E-state index contributed by atoms with van der Waals surface area (Å²) in [6.45, 7) is 4.02. The van der Waals surface area contributed by atoms with Crippen molar-refractivity contribution in [3.05, 3.63) is 64.7 Å². The normalized spacial score (nSPS) is 16.3. The molecule has 1 saturated heterocycles. The van der Waals surface area contributed by atoms with Crippen LogP contribution in [0.1, 0.15) is 30.0 Å². The molecule has 0 spiro atoms. The molecule has 2 aromatic rings. The zero-order valence-corrected chi connectivity index (χ0v) is 14.1. The van der Waals surface area contributed by atoms with E-state index in [1.807, 2.05) is 55.5 Å². The van der Waals surface area contributed by atoms with Crippen molar-refractivity contribution in [3.8, 4) is 0 Å². The molecule has 120 valence electrons. The van der Waals surface area contributed by atoms with Gasteiger partial charge in [-0.3, -0.25) is 4.79 Å². The number of likely N-dealkylation sites (tertiary alicyclic amines) is 1. The van der Waals surface area contributed by atoms with Crippen LogP contribution in [0, 0.1) is 6.92 Å². The van der Waals surface area contributed by atoms with Crippen molar-refractivity contribution in [1.29, 1.82) is 0 Å². The SMILES string of the molecule is Cc1ccccc1NC(=O)[C@@H](c1ccccc1Cl)[NH+]1CCCC1. The van der Waals surface area contributed by atoms with Gasteiger partial charge in [0.25, 0.3) is 5.91 Å². The molecule has 3 rings (SSSR count). The molecular weight excluding hydrogens is 308 g/mol. The number of nitrogens with one attached hydrogen (secondary N) is 2. The Hall–Kier alpha value is -1.84. The number of hydrogen-bond donors (Lipinski definition) is 2. The van der Waals surface area contributed by atoms with E-state index < -0.39 is 0 Å². The van der Waals surface area contributed by atoms with Crippen molar-refractivity contribution in [1.82, 2.24) is 0 Å². The van der Waals surface area contributed by atoms with Crippen LogP contribution in [0.25, 0.3) is 0 Å². The second kappa shape index (κ2) is 7.16. The Morgan fingerprint density at radius 1 is 1.09 bits per heavy atom. The van der Waals surface area contributed by atoms with Crippen LogP contribution in [0.4, 0.5) is 5.69 Å². The average Bonchev–Trinajstić information content (AvgIpc) is 3.06.